The Morgan fingerprint density at radius 3 is 2.00 bits per heavy atom. The van der Waals surface area contributed by atoms with Crippen molar-refractivity contribution in [1.29, 1.82) is 0 Å². The second-order valence-electron chi connectivity index (χ2n) is 4.71. The number of carbonyl (C=O) groups is 1. The first-order valence-corrected chi connectivity index (χ1v) is 6.24. The molecule has 0 spiro atoms. The quantitative estimate of drug-likeness (QED) is 0.619. The summed E-state index contributed by atoms with van der Waals surface area (Å²) in [7, 11) is 3.82. The van der Waals surface area contributed by atoms with Gasteiger partial charge in [-0.3, -0.25) is 9.69 Å². The van der Waals surface area contributed by atoms with E-state index in [1.165, 1.54) is 24.3 Å². The molecule has 2 aromatic rings. The van der Waals surface area contributed by atoms with E-state index in [0.717, 1.165) is 0 Å². The van der Waals surface area contributed by atoms with Gasteiger partial charge in [0.2, 0.25) is 0 Å². The Morgan fingerprint density at radius 2 is 1.50 bits per heavy atom. The van der Waals surface area contributed by atoms with E-state index in [1.54, 1.807) is 24.3 Å². The first-order valence-electron chi connectivity index (χ1n) is 6.24. The van der Waals surface area contributed by atoms with Gasteiger partial charge in [-0.25, -0.2) is 4.39 Å². The summed E-state index contributed by atoms with van der Waals surface area (Å²) in [6.07, 6.45) is 0. The maximum atomic E-state index is 12.8. The molecular formula is C16H16FNO2. The van der Waals surface area contributed by atoms with Crippen molar-refractivity contribution in [3.05, 3.63) is 65.5 Å². The predicted octanol–water partition coefficient (Wildman–Crippen LogP) is 2.95. The van der Waals surface area contributed by atoms with Crippen LogP contribution in [0.1, 0.15) is 15.9 Å². The first-order chi connectivity index (χ1) is 9.56. The highest BCUT2D eigenvalue weighted by atomic mass is 19.1. The van der Waals surface area contributed by atoms with Gasteiger partial charge in [0.15, 0.2) is 5.78 Å². The summed E-state index contributed by atoms with van der Waals surface area (Å²) in [6.45, 7) is 0.477. The van der Waals surface area contributed by atoms with E-state index >= 15 is 0 Å². The fraction of sp³-hybridized carbons (Fsp3) is 0.188. The Labute approximate surface area is 117 Å². The molecule has 0 heterocycles. The van der Waals surface area contributed by atoms with E-state index in [4.69, 9.17) is 4.74 Å². The van der Waals surface area contributed by atoms with Crippen molar-refractivity contribution in [2.75, 3.05) is 20.8 Å². The molecule has 0 aliphatic rings. The number of halogens is 1. The number of carbonyl (C=O) groups excluding carboxylic acids is 1. The minimum absolute atomic E-state index is 0.135. The van der Waals surface area contributed by atoms with Crippen LogP contribution >= 0.6 is 0 Å². The summed E-state index contributed by atoms with van der Waals surface area (Å²) in [6, 6.07) is 12.4. The monoisotopic (exact) mass is 273 g/mol. The maximum absolute atomic E-state index is 12.8. The minimum Gasteiger partial charge on any atom is -0.478 e. The number of nitrogens with zero attached hydrogens (tertiary/aromatic N) is 1. The fourth-order valence-corrected chi connectivity index (χ4v) is 1.67. The van der Waals surface area contributed by atoms with Gasteiger partial charge in [0, 0.05) is 11.1 Å². The molecule has 104 valence electrons. The van der Waals surface area contributed by atoms with E-state index < -0.39 is 0 Å². The largest absolute Gasteiger partial charge is 0.478 e. The lowest BCUT2D eigenvalue weighted by Gasteiger charge is -2.11. The van der Waals surface area contributed by atoms with Crippen molar-refractivity contribution in [1.82, 2.24) is 4.90 Å². The smallest absolute Gasteiger partial charge is 0.193 e. The lowest BCUT2D eigenvalue weighted by Crippen LogP contribution is -2.18. The first kappa shape index (κ1) is 14.2. The van der Waals surface area contributed by atoms with Gasteiger partial charge in [-0.05, 0) is 62.6 Å². The number of rotatable bonds is 5. The molecular weight excluding hydrogens is 257 g/mol. The van der Waals surface area contributed by atoms with Crippen molar-refractivity contribution in [3.63, 3.8) is 0 Å². The fourth-order valence-electron chi connectivity index (χ4n) is 1.67. The second kappa shape index (κ2) is 6.30. The van der Waals surface area contributed by atoms with Gasteiger partial charge in [0.05, 0.1) is 0 Å². The lowest BCUT2D eigenvalue weighted by atomic mass is 10.0. The molecule has 4 heteroatoms. The zero-order chi connectivity index (χ0) is 14.5. The van der Waals surface area contributed by atoms with Gasteiger partial charge in [-0.1, -0.05) is 0 Å². The summed E-state index contributed by atoms with van der Waals surface area (Å²) in [5, 5.41) is 0. The van der Waals surface area contributed by atoms with Crippen LogP contribution in [-0.2, 0) is 0 Å². The van der Waals surface area contributed by atoms with E-state index in [1.807, 2.05) is 19.0 Å². The minimum atomic E-state index is -0.353. The molecule has 0 fully saturated rings. The molecule has 2 aromatic carbocycles. The van der Waals surface area contributed by atoms with Crippen molar-refractivity contribution in [2.45, 2.75) is 0 Å². The van der Waals surface area contributed by atoms with E-state index in [-0.39, 0.29) is 11.6 Å². The standard InChI is InChI=1S/C16H16FNO2/c1-18(2)11-20-15-9-5-13(6-10-15)16(19)12-3-7-14(17)8-4-12/h3-10H,11H2,1-2H3. The molecule has 0 radical (unpaired) electrons. The third-order valence-corrected chi connectivity index (χ3v) is 2.71. The number of ether oxygens (including phenoxy) is 1. The Hall–Kier alpha value is -2.20. The molecule has 0 aliphatic heterocycles. The normalized spacial score (nSPS) is 10.6. The van der Waals surface area contributed by atoms with Crippen molar-refractivity contribution in [3.8, 4) is 5.75 Å². The average Bonchev–Trinajstić information content (AvgIpc) is 2.46. The number of ketones is 1. The van der Waals surface area contributed by atoms with E-state index in [9.17, 15) is 9.18 Å². The SMILES string of the molecule is CN(C)COc1ccc(C(=O)c2ccc(F)cc2)cc1. The highest BCUT2D eigenvalue weighted by Crippen LogP contribution is 2.16. The van der Waals surface area contributed by atoms with Gasteiger partial charge in [0.25, 0.3) is 0 Å². The van der Waals surface area contributed by atoms with Crippen molar-refractivity contribution in [2.24, 2.45) is 0 Å². The van der Waals surface area contributed by atoms with Crippen LogP contribution in [0.5, 0.6) is 5.75 Å². The van der Waals surface area contributed by atoms with Crippen LogP contribution in [0, 0.1) is 5.82 Å². The molecule has 3 nitrogen and oxygen atoms in total. The Bertz CT molecular complexity index is 576. The molecule has 2 rings (SSSR count). The van der Waals surface area contributed by atoms with E-state index in [0.29, 0.717) is 23.6 Å². The summed E-state index contributed by atoms with van der Waals surface area (Å²) < 4.78 is 18.3. The van der Waals surface area contributed by atoms with Crippen LogP contribution in [0.25, 0.3) is 0 Å². The van der Waals surface area contributed by atoms with Gasteiger partial charge >= 0.3 is 0 Å². The lowest BCUT2D eigenvalue weighted by molar-refractivity contribution is 0.103. The molecule has 0 aliphatic carbocycles. The molecule has 0 saturated carbocycles. The molecule has 0 bridgehead atoms. The zero-order valence-electron chi connectivity index (χ0n) is 11.5. The van der Waals surface area contributed by atoms with Gasteiger partial charge < -0.3 is 4.74 Å². The molecule has 0 N–H and O–H groups in total. The van der Waals surface area contributed by atoms with Gasteiger partial charge in [-0.15, -0.1) is 0 Å². The average molecular weight is 273 g/mol. The summed E-state index contributed by atoms with van der Waals surface area (Å²) in [4.78, 5) is 14.1. The highest BCUT2D eigenvalue weighted by Gasteiger charge is 2.09. The van der Waals surface area contributed by atoms with Crippen LogP contribution in [0.4, 0.5) is 4.39 Å². The Morgan fingerprint density at radius 1 is 1.00 bits per heavy atom. The Balaban J connectivity index is 2.09. The van der Waals surface area contributed by atoms with Crippen LogP contribution in [-0.4, -0.2) is 31.5 Å². The number of benzene rings is 2. The maximum Gasteiger partial charge on any atom is 0.193 e. The third-order valence-electron chi connectivity index (χ3n) is 2.71. The topological polar surface area (TPSA) is 29.5 Å². The highest BCUT2D eigenvalue weighted by molar-refractivity contribution is 6.08. The second-order valence-corrected chi connectivity index (χ2v) is 4.71. The molecule has 0 unspecified atom stereocenters. The van der Waals surface area contributed by atoms with Gasteiger partial charge in [-0.2, -0.15) is 0 Å². The molecule has 0 amide bonds. The summed E-state index contributed by atoms with van der Waals surface area (Å²) in [5.74, 6) is 0.215. The molecule has 0 aromatic heterocycles. The summed E-state index contributed by atoms with van der Waals surface area (Å²) in [5.41, 5.74) is 1.02. The third kappa shape index (κ3) is 3.65. The summed E-state index contributed by atoms with van der Waals surface area (Å²) >= 11 is 0. The number of hydrogen-bond donors (Lipinski definition) is 0. The van der Waals surface area contributed by atoms with Crippen LogP contribution in [0.3, 0.4) is 0 Å². The number of hydrogen-bond acceptors (Lipinski definition) is 3. The van der Waals surface area contributed by atoms with Crippen LogP contribution in [0.2, 0.25) is 0 Å². The van der Waals surface area contributed by atoms with Crippen molar-refractivity contribution < 1.29 is 13.9 Å². The molecule has 20 heavy (non-hydrogen) atoms. The Kier molecular flexibility index (Phi) is 4.48. The van der Waals surface area contributed by atoms with Crippen molar-refractivity contribution >= 4 is 5.78 Å². The van der Waals surface area contributed by atoms with Crippen LogP contribution < -0.4 is 4.74 Å². The van der Waals surface area contributed by atoms with E-state index in [2.05, 4.69) is 0 Å². The predicted molar refractivity (Wildman–Crippen MR) is 75.5 cm³/mol. The zero-order valence-corrected chi connectivity index (χ0v) is 11.5. The van der Waals surface area contributed by atoms with Gasteiger partial charge in [0.1, 0.15) is 18.3 Å². The molecule has 0 saturated heterocycles. The molecule has 0 atom stereocenters. The van der Waals surface area contributed by atoms with Crippen LogP contribution in [0.15, 0.2) is 48.5 Å².